The highest BCUT2D eigenvalue weighted by Gasteiger charge is 2.07. The number of nitrogens with one attached hydrogen (secondary N) is 1. The lowest BCUT2D eigenvalue weighted by atomic mass is 10.2. The number of rotatable bonds is 3. The third kappa shape index (κ3) is 2.27. The van der Waals surface area contributed by atoms with Gasteiger partial charge in [0.15, 0.2) is 0 Å². The quantitative estimate of drug-likeness (QED) is 0.896. The van der Waals surface area contributed by atoms with E-state index in [1.807, 2.05) is 6.07 Å². The van der Waals surface area contributed by atoms with Gasteiger partial charge >= 0.3 is 0 Å². The molecule has 15 heavy (non-hydrogen) atoms. The Hall–Kier alpha value is -1.14. The molecule has 6 heteroatoms. The van der Waals surface area contributed by atoms with Crippen molar-refractivity contribution in [3.8, 4) is 0 Å². The number of anilines is 1. The standard InChI is InChI=1S/C9H10N2O2S2/c1-2-15(12,13)11-8-3-4-9-7(5-8)6-10-14-9/h3-6,11H,2H2,1H3. The van der Waals surface area contributed by atoms with E-state index in [0.717, 1.165) is 10.1 Å². The zero-order valence-corrected chi connectivity index (χ0v) is 9.73. The molecule has 0 aliphatic heterocycles. The molecule has 0 fully saturated rings. The minimum Gasteiger partial charge on any atom is -0.284 e. The highest BCUT2D eigenvalue weighted by atomic mass is 32.2. The van der Waals surface area contributed by atoms with Crippen molar-refractivity contribution in [2.75, 3.05) is 10.5 Å². The Morgan fingerprint density at radius 2 is 2.27 bits per heavy atom. The fourth-order valence-corrected chi connectivity index (χ4v) is 2.44. The van der Waals surface area contributed by atoms with Crippen LogP contribution in [0.3, 0.4) is 0 Å². The van der Waals surface area contributed by atoms with Crippen molar-refractivity contribution in [1.82, 2.24) is 4.37 Å². The Morgan fingerprint density at radius 1 is 1.47 bits per heavy atom. The Balaban J connectivity index is 2.37. The number of fused-ring (bicyclic) bond motifs is 1. The highest BCUT2D eigenvalue weighted by Crippen LogP contribution is 2.22. The second-order valence-electron chi connectivity index (χ2n) is 3.08. The predicted octanol–water partition coefficient (Wildman–Crippen LogP) is 2.06. The van der Waals surface area contributed by atoms with E-state index in [4.69, 9.17) is 0 Å². The van der Waals surface area contributed by atoms with Gasteiger partial charge in [-0.05, 0) is 36.7 Å². The number of nitrogens with zero attached hydrogens (tertiary/aromatic N) is 1. The van der Waals surface area contributed by atoms with Gasteiger partial charge in [0.05, 0.1) is 10.5 Å². The van der Waals surface area contributed by atoms with E-state index < -0.39 is 10.0 Å². The summed E-state index contributed by atoms with van der Waals surface area (Å²) >= 11 is 1.39. The van der Waals surface area contributed by atoms with Gasteiger partial charge in [-0.3, -0.25) is 4.72 Å². The molecule has 0 saturated heterocycles. The average Bonchev–Trinajstić information content (AvgIpc) is 2.64. The molecule has 1 aromatic carbocycles. The van der Waals surface area contributed by atoms with Crippen LogP contribution < -0.4 is 4.72 Å². The molecule has 1 N–H and O–H groups in total. The van der Waals surface area contributed by atoms with Crippen LogP contribution in [0.4, 0.5) is 5.69 Å². The van der Waals surface area contributed by atoms with Crippen LogP contribution in [0.5, 0.6) is 0 Å². The van der Waals surface area contributed by atoms with Crippen LogP contribution in [0.15, 0.2) is 24.4 Å². The van der Waals surface area contributed by atoms with E-state index >= 15 is 0 Å². The van der Waals surface area contributed by atoms with Crippen molar-refractivity contribution in [3.05, 3.63) is 24.4 Å². The molecule has 0 atom stereocenters. The smallest absolute Gasteiger partial charge is 0.232 e. The SMILES string of the molecule is CCS(=O)(=O)Nc1ccc2sncc2c1. The zero-order valence-electron chi connectivity index (χ0n) is 8.10. The van der Waals surface area contributed by atoms with Gasteiger partial charge in [0.1, 0.15) is 0 Å². The zero-order chi connectivity index (χ0) is 10.9. The molecule has 80 valence electrons. The molecule has 0 unspecified atom stereocenters. The first-order valence-electron chi connectivity index (χ1n) is 4.45. The summed E-state index contributed by atoms with van der Waals surface area (Å²) in [5.74, 6) is 0.0763. The van der Waals surface area contributed by atoms with Gasteiger partial charge in [-0.15, -0.1) is 0 Å². The molecule has 0 aliphatic carbocycles. The Labute approximate surface area is 92.2 Å². The van der Waals surface area contributed by atoms with E-state index in [-0.39, 0.29) is 5.75 Å². The van der Waals surface area contributed by atoms with E-state index in [1.165, 1.54) is 11.5 Å². The molecule has 1 heterocycles. The lowest BCUT2D eigenvalue weighted by molar-refractivity contribution is 0.602. The first kappa shape index (κ1) is 10.4. The largest absolute Gasteiger partial charge is 0.284 e. The topological polar surface area (TPSA) is 59.1 Å². The van der Waals surface area contributed by atoms with Crippen LogP contribution in [0.1, 0.15) is 6.92 Å². The second kappa shape index (κ2) is 3.79. The van der Waals surface area contributed by atoms with E-state index in [9.17, 15) is 8.42 Å². The maximum atomic E-state index is 11.3. The summed E-state index contributed by atoms with van der Waals surface area (Å²) in [6, 6.07) is 5.39. The summed E-state index contributed by atoms with van der Waals surface area (Å²) in [5.41, 5.74) is 0.588. The molecule has 0 amide bonds. The summed E-state index contributed by atoms with van der Waals surface area (Å²) in [6.45, 7) is 1.60. The third-order valence-corrected chi connectivity index (χ3v) is 4.09. The summed E-state index contributed by atoms with van der Waals surface area (Å²) in [4.78, 5) is 0. The fourth-order valence-electron chi connectivity index (χ4n) is 1.19. The molecule has 0 saturated carbocycles. The Bertz CT molecular complexity index is 575. The van der Waals surface area contributed by atoms with E-state index in [0.29, 0.717) is 5.69 Å². The van der Waals surface area contributed by atoms with Crippen LogP contribution in [-0.4, -0.2) is 18.5 Å². The molecule has 0 bridgehead atoms. The lowest BCUT2D eigenvalue weighted by Crippen LogP contribution is -2.14. The molecule has 2 aromatic rings. The van der Waals surface area contributed by atoms with Gasteiger partial charge in [-0.1, -0.05) is 0 Å². The number of benzene rings is 1. The van der Waals surface area contributed by atoms with Crippen LogP contribution >= 0.6 is 11.5 Å². The average molecular weight is 242 g/mol. The van der Waals surface area contributed by atoms with Gasteiger partial charge < -0.3 is 0 Å². The first-order valence-corrected chi connectivity index (χ1v) is 6.88. The van der Waals surface area contributed by atoms with Crippen molar-refractivity contribution in [3.63, 3.8) is 0 Å². The van der Waals surface area contributed by atoms with Gasteiger partial charge in [0, 0.05) is 17.3 Å². The van der Waals surface area contributed by atoms with Crippen molar-refractivity contribution >= 4 is 37.3 Å². The predicted molar refractivity (Wildman–Crippen MR) is 62.7 cm³/mol. The second-order valence-corrected chi connectivity index (χ2v) is 5.93. The van der Waals surface area contributed by atoms with Gasteiger partial charge in [0.25, 0.3) is 0 Å². The van der Waals surface area contributed by atoms with Gasteiger partial charge in [-0.25, -0.2) is 8.42 Å². The molecule has 0 aliphatic rings. The van der Waals surface area contributed by atoms with E-state index in [1.54, 1.807) is 25.3 Å². The maximum Gasteiger partial charge on any atom is 0.232 e. The fraction of sp³-hybridized carbons (Fsp3) is 0.222. The molecular formula is C9H10N2O2S2. The molecule has 1 aromatic heterocycles. The van der Waals surface area contributed by atoms with Crippen molar-refractivity contribution in [1.29, 1.82) is 0 Å². The summed E-state index contributed by atoms with van der Waals surface area (Å²) in [7, 11) is -3.19. The van der Waals surface area contributed by atoms with Gasteiger partial charge in [0.2, 0.25) is 10.0 Å². The van der Waals surface area contributed by atoms with Gasteiger partial charge in [-0.2, -0.15) is 4.37 Å². The molecule has 0 radical (unpaired) electrons. The van der Waals surface area contributed by atoms with Crippen LogP contribution in [0.2, 0.25) is 0 Å². The minimum atomic E-state index is -3.19. The molecular weight excluding hydrogens is 232 g/mol. The van der Waals surface area contributed by atoms with Crippen LogP contribution in [0.25, 0.3) is 10.1 Å². The molecule has 2 rings (SSSR count). The lowest BCUT2D eigenvalue weighted by Gasteiger charge is -2.05. The van der Waals surface area contributed by atoms with Crippen molar-refractivity contribution < 1.29 is 8.42 Å². The maximum absolute atomic E-state index is 11.3. The Morgan fingerprint density at radius 3 is 3.00 bits per heavy atom. The molecule has 4 nitrogen and oxygen atoms in total. The normalized spacial score (nSPS) is 11.8. The first-order chi connectivity index (χ1) is 7.11. The number of hydrogen-bond acceptors (Lipinski definition) is 4. The summed E-state index contributed by atoms with van der Waals surface area (Å²) in [6.07, 6.45) is 1.73. The number of aromatic nitrogens is 1. The molecule has 0 spiro atoms. The third-order valence-electron chi connectivity index (χ3n) is 2.01. The number of sulfonamides is 1. The van der Waals surface area contributed by atoms with Crippen LogP contribution in [-0.2, 0) is 10.0 Å². The van der Waals surface area contributed by atoms with Crippen molar-refractivity contribution in [2.45, 2.75) is 6.92 Å². The highest BCUT2D eigenvalue weighted by molar-refractivity contribution is 7.92. The monoisotopic (exact) mass is 242 g/mol. The van der Waals surface area contributed by atoms with E-state index in [2.05, 4.69) is 9.10 Å². The minimum absolute atomic E-state index is 0.0763. The van der Waals surface area contributed by atoms with Crippen molar-refractivity contribution in [2.24, 2.45) is 0 Å². The number of hydrogen-bond donors (Lipinski definition) is 1. The summed E-state index contributed by atoms with van der Waals surface area (Å²) in [5, 5.41) is 0.955. The summed E-state index contributed by atoms with van der Waals surface area (Å²) < 4.78 is 30.2. The van der Waals surface area contributed by atoms with Crippen LogP contribution in [0, 0.1) is 0 Å². The Kier molecular flexibility index (Phi) is 2.62.